The Bertz CT molecular complexity index is 625. The van der Waals surface area contributed by atoms with Gasteiger partial charge in [0.25, 0.3) is 0 Å². The highest BCUT2D eigenvalue weighted by Crippen LogP contribution is 2.25. The van der Waals surface area contributed by atoms with Crippen LogP contribution in [0.2, 0.25) is 0 Å². The van der Waals surface area contributed by atoms with E-state index in [4.69, 9.17) is 4.74 Å². The minimum atomic E-state index is -0.923. The second kappa shape index (κ2) is 7.08. The fourth-order valence-electron chi connectivity index (χ4n) is 1.77. The Labute approximate surface area is 135 Å². The van der Waals surface area contributed by atoms with Crippen LogP contribution in [0.4, 0.5) is 14.6 Å². The summed E-state index contributed by atoms with van der Waals surface area (Å²) in [5.74, 6) is -0.835. The molecule has 0 atom stereocenters. The van der Waals surface area contributed by atoms with Gasteiger partial charge in [0, 0.05) is 19.2 Å². The summed E-state index contributed by atoms with van der Waals surface area (Å²) >= 11 is 2.13. The molecule has 0 amide bonds. The maximum Gasteiger partial charge on any atom is 0.162 e. The fraction of sp³-hybridized carbons (Fsp3) is 0.286. The molecule has 1 aromatic carbocycles. The molecule has 0 aliphatic rings. The van der Waals surface area contributed by atoms with Gasteiger partial charge in [-0.3, -0.25) is 0 Å². The Hall–Kier alpha value is -1.35. The van der Waals surface area contributed by atoms with E-state index >= 15 is 0 Å². The molecule has 0 radical (unpaired) electrons. The van der Waals surface area contributed by atoms with Crippen molar-refractivity contribution < 1.29 is 13.5 Å². The highest BCUT2D eigenvalue weighted by Gasteiger charge is 2.14. The molecule has 112 valence electrons. The zero-order valence-corrected chi connectivity index (χ0v) is 13.7. The Balaban J connectivity index is 2.53. The van der Waals surface area contributed by atoms with E-state index in [0.717, 1.165) is 15.7 Å². The van der Waals surface area contributed by atoms with Crippen molar-refractivity contribution in [3.05, 3.63) is 39.1 Å². The first kappa shape index (κ1) is 16.0. The molecular weight excluding hydrogens is 391 g/mol. The van der Waals surface area contributed by atoms with Gasteiger partial charge in [0.15, 0.2) is 17.5 Å². The standard InChI is InChI=1S/C14H14F2IN3O/c1-3-18-14-12(17)11(7-21-2)19-13(20-14)8-4-5-9(15)10(16)6-8/h4-6H,3,7H2,1-2H3,(H,18,19,20). The van der Waals surface area contributed by atoms with Crippen LogP contribution in [0.5, 0.6) is 0 Å². The number of aromatic nitrogens is 2. The SMILES string of the molecule is CCNc1nc(-c2ccc(F)c(F)c2)nc(COC)c1I. The van der Waals surface area contributed by atoms with Crippen molar-refractivity contribution >= 4 is 28.4 Å². The molecule has 0 aliphatic heterocycles. The average molecular weight is 405 g/mol. The van der Waals surface area contributed by atoms with Crippen LogP contribution in [0.1, 0.15) is 12.6 Å². The zero-order chi connectivity index (χ0) is 15.4. The molecule has 4 nitrogen and oxygen atoms in total. The van der Waals surface area contributed by atoms with E-state index < -0.39 is 11.6 Å². The molecule has 0 unspecified atom stereocenters. The lowest BCUT2D eigenvalue weighted by atomic mass is 10.2. The smallest absolute Gasteiger partial charge is 0.162 e. The van der Waals surface area contributed by atoms with Gasteiger partial charge >= 0.3 is 0 Å². The number of anilines is 1. The predicted octanol–water partition coefficient (Wildman–Crippen LogP) is 3.60. The number of nitrogens with one attached hydrogen (secondary N) is 1. The summed E-state index contributed by atoms with van der Waals surface area (Å²) in [6.45, 7) is 2.96. The molecule has 1 heterocycles. The summed E-state index contributed by atoms with van der Waals surface area (Å²) in [4.78, 5) is 8.74. The molecular formula is C14H14F2IN3O. The number of methoxy groups -OCH3 is 1. The van der Waals surface area contributed by atoms with E-state index in [1.807, 2.05) is 6.92 Å². The number of hydrogen-bond donors (Lipinski definition) is 1. The maximum absolute atomic E-state index is 13.4. The monoisotopic (exact) mass is 405 g/mol. The van der Waals surface area contributed by atoms with E-state index in [-0.39, 0.29) is 0 Å². The summed E-state index contributed by atoms with van der Waals surface area (Å²) in [5, 5.41) is 3.13. The average Bonchev–Trinajstić information content (AvgIpc) is 2.46. The van der Waals surface area contributed by atoms with Crippen LogP contribution in [0.25, 0.3) is 11.4 Å². The highest BCUT2D eigenvalue weighted by molar-refractivity contribution is 14.1. The Morgan fingerprint density at radius 2 is 2.00 bits per heavy atom. The Morgan fingerprint density at radius 3 is 2.62 bits per heavy atom. The third-order valence-electron chi connectivity index (χ3n) is 2.72. The Kier molecular flexibility index (Phi) is 5.40. The van der Waals surface area contributed by atoms with Crippen LogP contribution in [-0.4, -0.2) is 23.6 Å². The second-order valence-electron chi connectivity index (χ2n) is 4.25. The van der Waals surface area contributed by atoms with Crippen molar-refractivity contribution in [3.63, 3.8) is 0 Å². The van der Waals surface area contributed by atoms with Crippen LogP contribution >= 0.6 is 22.6 Å². The number of nitrogens with zero attached hydrogens (tertiary/aromatic N) is 2. The quantitative estimate of drug-likeness (QED) is 0.773. The van der Waals surface area contributed by atoms with E-state index in [1.165, 1.54) is 6.07 Å². The number of benzene rings is 1. The van der Waals surface area contributed by atoms with Gasteiger partial charge in [0.1, 0.15) is 5.82 Å². The van der Waals surface area contributed by atoms with Gasteiger partial charge in [-0.05, 0) is 47.7 Å². The predicted molar refractivity (Wildman–Crippen MR) is 85.0 cm³/mol. The molecule has 0 bridgehead atoms. The van der Waals surface area contributed by atoms with E-state index in [0.29, 0.717) is 36.1 Å². The molecule has 1 N–H and O–H groups in total. The van der Waals surface area contributed by atoms with Gasteiger partial charge in [-0.25, -0.2) is 18.7 Å². The molecule has 0 saturated carbocycles. The van der Waals surface area contributed by atoms with Crippen molar-refractivity contribution in [1.29, 1.82) is 0 Å². The molecule has 1 aromatic heterocycles. The van der Waals surface area contributed by atoms with Crippen LogP contribution in [0, 0.1) is 15.2 Å². The number of ether oxygens (including phenoxy) is 1. The summed E-state index contributed by atoms with van der Waals surface area (Å²) < 4.78 is 32.4. The van der Waals surface area contributed by atoms with E-state index in [1.54, 1.807) is 7.11 Å². The second-order valence-corrected chi connectivity index (χ2v) is 5.33. The van der Waals surface area contributed by atoms with Crippen LogP contribution in [0.3, 0.4) is 0 Å². The minimum Gasteiger partial charge on any atom is -0.378 e. The first-order chi connectivity index (χ1) is 10.1. The molecule has 7 heteroatoms. The Morgan fingerprint density at radius 1 is 1.24 bits per heavy atom. The van der Waals surface area contributed by atoms with E-state index in [9.17, 15) is 8.78 Å². The number of rotatable bonds is 5. The molecule has 21 heavy (non-hydrogen) atoms. The first-order valence-electron chi connectivity index (χ1n) is 6.31. The molecule has 0 spiro atoms. The lowest BCUT2D eigenvalue weighted by Gasteiger charge is -2.12. The summed E-state index contributed by atoms with van der Waals surface area (Å²) in [5.41, 5.74) is 1.12. The van der Waals surface area contributed by atoms with Gasteiger partial charge in [-0.2, -0.15) is 0 Å². The minimum absolute atomic E-state index is 0.315. The van der Waals surface area contributed by atoms with Gasteiger partial charge < -0.3 is 10.1 Å². The molecule has 0 saturated heterocycles. The third-order valence-corrected chi connectivity index (χ3v) is 3.86. The van der Waals surface area contributed by atoms with Crippen molar-refractivity contribution in [2.45, 2.75) is 13.5 Å². The summed E-state index contributed by atoms with van der Waals surface area (Å²) in [6.07, 6.45) is 0. The highest BCUT2D eigenvalue weighted by atomic mass is 127. The van der Waals surface area contributed by atoms with Crippen LogP contribution < -0.4 is 5.32 Å². The van der Waals surface area contributed by atoms with Gasteiger partial charge in [-0.15, -0.1) is 0 Å². The van der Waals surface area contributed by atoms with Gasteiger partial charge in [0.2, 0.25) is 0 Å². The van der Waals surface area contributed by atoms with Crippen molar-refractivity contribution in [1.82, 2.24) is 9.97 Å². The fourth-order valence-corrected chi connectivity index (χ4v) is 2.36. The number of hydrogen-bond acceptors (Lipinski definition) is 4. The molecule has 0 aliphatic carbocycles. The van der Waals surface area contributed by atoms with Gasteiger partial charge in [0.05, 0.1) is 15.9 Å². The lowest BCUT2D eigenvalue weighted by Crippen LogP contribution is -2.08. The molecule has 0 fully saturated rings. The maximum atomic E-state index is 13.4. The van der Waals surface area contributed by atoms with Crippen LogP contribution in [-0.2, 0) is 11.3 Å². The van der Waals surface area contributed by atoms with Gasteiger partial charge in [-0.1, -0.05) is 0 Å². The normalized spacial score (nSPS) is 10.7. The zero-order valence-electron chi connectivity index (χ0n) is 11.6. The molecule has 2 aromatic rings. The third kappa shape index (κ3) is 3.65. The van der Waals surface area contributed by atoms with Crippen molar-refractivity contribution in [2.24, 2.45) is 0 Å². The largest absolute Gasteiger partial charge is 0.378 e. The van der Waals surface area contributed by atoms with Crippen LogP contribution in [0.15, 0.2) is 18.2 Å². The lowest BCUT2D eigenvalue weighted by molar-refractivity contribution is 0.181. The first-order valence-corrected chi connectivity index (χ1v) is 7.39. The molecule has 2 rings (SSSR count). The van der Waals surface area contributed by atoms with Crippen molar-refractivity contribution in [2.75, 3.05) is 19.0 Å². The topological polar surface area (TPSA) is 47.0 Å². The summed E-state index contributed by atoms with van der Waals surface area (Å²) in [6, 6.07) is 3.60. The van der Waals surface area contributed by atoms with E-state index in [2.05, 4.69) is 37.9 Å². The van der Waals surface area contributed by atoms with Crippen molar-refractivity contribution in [3.8, 4) is 11.4 Å². The summed E-state index contributed by atoms with van der Waals surface area (Å²) in [7, 11) is 1.57. The number of halogens is 3.